The van der Waals surface area contributed by atoms with E-state index < -0.39 is 10.8 Å². The maximum absolute atomic E-state index is 11.9. The van der Waals surface area contributed by atoms with E-state index in [1.54, 1.807) is 11.3 Å². The minimum Gasteiger partial charge on any atom is -0.445 e. The average Bonchev–Trinajstić information content (AvgIpc) is 2.75. The van der Waals surface area contributed by atoms with E-state index in [4.69, 9.17) is 4.42 Å². The summed E-state index contributed by atoms with van der Waals surface area (Å²) in [6.45, 7) is 3.76. The van der Waals surface area contributed by atoms with Gasteiger partial charge in [0, 0.05) is 16.6 Å². The van der Waals surface area contributed by atoms with Crippen molar-refractivity contribution in [2.24, 2.45) is 0 Å². The summed E-state index contributed by atoms with van der Waals surface area (Å²) < 4.78 is 18.4. The number of rotatable bonds is 4. The minimum absolute atomic E-state index is 0.377. The van der Waals surface area contributed by atoms with Crippen LogP contribution in [0.3, 0.4) is 0 Å². The van der Waals surface area contributed by atoms with Gasteiger partial charge in [0.25, 0.3) is 0 Å². The van der Waals surface area contributed by atoms with Crippen molar-refractivity contribution in [3.05, 3.63) is 38.1 Å². The summed E-state index contributed by atoms with van der Waals surface area (Å²) in [4.78, 5) is 4.23. The van der Waals surface area contributed by atoms with E-state index in [1.165, 1.54) is 0 Å². The molecule has 2 heterocycles. The molecule has 2 aromatic heterocycles. The molecule has 0 saturated carbocycles. The van der Waals surface area contributed by atoms with Crippen LogP contribution in [0.15, 0.2) is 19.6 Å². The lowest BCUT2D eigenvalue weighted by Crippen LogP contribution is -1.98. The van der Waals surface area contributed by atoms with Crippen molar-refractivity contribution in [3.63, 3.8) is 0 Å². The maximum Gasteiger partial charge on any atom is 0.207 e. The number of hydrogen-bond donors (Lipinski definition) is 0. The van der Waals surface area contributed by atoms with E-state index >= 15 is 0 Å². The van der Waals surface area contributed by atoms with E-state index in [9.17, 15) is 4.21 Å². The molecule has 3 nitrogen and oxygen atoms in total. The van der Waals surface area contributed by atoms with Gasteiger partial charge >= 0.3 is 0 Å². The van der Waals surface area contributed by atoms with Crippen molar-refractivity contribution >= 4 is 38.1 Å². The van der Waals surface area contributed by atoms with Gasteiger partial charge < -0.3 is 4.42 Å². The molecule has 17 heavy (non-hydrogen) atoms. The molecule has 0 bridgehead atoms. The summed E-state index contributed by atoms with van der Waals surface area (Å²) in [7, 11) is -0.974. The maximum atomic E-state index is 11.9. The monoisotopic (exact) mass is 333 g/mol. The van der Waals surface area contributed by atoms with E-state index in [0.717, 1.165) is 20.8 Å². The second-order valence-corrected chi connectivity index (χ2v) is 7.48. The van der Waals surface area contributed by atoms with Gasteiger partial charge in [-0.1, -0.05) is 0 Å². The summed E-state index contributed by atoms with van der Waals surface area (Å²) in [5.74, 6) is 2.29. The zero-order chi connectivity index (χ0) is 12.4. The van der Waals surface area contributed by atoms with Crippen LogP contribution in [0.1, 0.15) is 22.9 Å². The molecule has 6 heteroatoms. The molecular weight excluding hydrogens is 322 g/mol. The fraction of sp³-hybridized carbons (Fsp3) is 0.364. The van der Waals surface area contributed by atoms with Gasteiger partial charge in [0.2, 0.25) is 5.89 Å². The van der Waals surface area contributed by atoms with Crippen LogP contribution in [-0.2, 0) is 22.3 Å². The average molecular weight is 334 g/mol. The lowest BCUT2D eigenvalue weighted by atomic mass is 10.4. The Labute approximate surface area is 115 Å². The molecule has 0 spiro atoms. The first kappa shape index (κ1) is 13.0. The Balaban J connectivity index is 1.97. The molecule has 0 aliphatic heterocycles. The zero-order valence-electron chi connectivity index (χ0n) is 9.53. The van der Waals surface area contributed by atoms with Gasteiger partial charge in [0.1, 0.15) is 11.5 Å². The number of nitrogens with zero attached hydrogens (tertiary/aromatic N) is 1. The molecule has 0 aromatic carbocycles. The minimum atomic E-state index is -0.974. The van der Waals surface area contributed by atoms with Crippen LogP contribution in [-0.4, -0.2) is 9.19 Å². The van der Waals surface area contributed by atoms with Crippen LogP contribution in [0, 0.1) is 13.8 Å². The van der Waals surface area contributed by atoms with Crippen molar-refractivity contribution in [1.82, 2.24) is 4.98 Å². The number of oxazole rings is 1. The predicted molar refractivity (Wildman–Crippen MR) is 73.5 cm³/mol. The molecule has 0 radical (unpaired) electrons. The highest BCUT2D eigenvalue weighted by Crippen LogP contribution is 2.22. The zero-order valence-corrected chi connectivity index (χ0v) is 12.7. The number of halogens is 1. The number of aromatic nitrogens is 1. The van der Waals surface area contributed by atoms with Crippen molar-refractivity contribution < 1.29 is 8.63 Å². The van der Waals surface area contributed by atoms with Crippen molar-refractivity contribution in [1.29, 1.82) is 0 Å². The van der Waals surface area contributed by atoms with Gasteiger partial charge in [-0.15, -0.1) is 11.3 Å². The second-order valence-electron chi connectivity index (χ2n) is 3.74. The Bertz CT molecular complexity index is 528. The molecule has 0 aliphatic carbocycles. The lowest BCUT2D eigenvalue weighted by molar-refractivity contribution is 0.487. The molecule has 1 atom stereocenters. The van der Waals surface area contributed by atoms with Gasteiger partial charge in [0.05, 0.1) is 9.48 Å². The molecule has 0 amide bonds. The Morgan fingerprint density at radius 3 is 2.76 bits per heavy atom. The third kappa shape index (κ3) is 3.50. The number of aryl methyl sites for hydroxylation is 2. The largest absolute Gasteiger partial charge is 0.445 e. The first-order chi connectivity index (χ1) is 8.04. The second kappa shape index (κ2) is 5.46. The van der Waals surface area contributed by atoms with Crippen LogP contribution in [0.4, 0.5) is 0 Å². The predicted octanol–water partition coefficient (Wildman–Crippen LogP) is 3.56. The smallest absolute Gasteiger partial charge is 0.207 e. The molecule has 0 fully saturated rings. The summed E-state index contributed by atoms with van der Waals surface area (Å²) in [5, 5.41) is 2.01. The van der Waals surface area contributed by atoms with E-state index in [2.05, 4.69) is 20.9 Å². The number of hydrogen-bond acceptors (Lipinski definition) is 4. The number of thiophene rings is 1. The first-order valence-corrected chi connectivity index (χ1v) is 8.21. The fourth-order valence-electron chi connectivity index (χ4n) is 1.40. The van der Waals surface area contributed by atoms with Crippen LogP contribution in [0.25, 0.3) is 0 Å². The summed E-state index contributed by atoms with van der Waals surface area (Å²) in [6.07, 6.45) is 0. The van der Waals surface area contributed by atoms with Crippen LogP contribution in [0.2, 0.25) is 0 Å². The standard InChI is InChI=1S/C11H12BrNO2S2/c1-7-8(2)15-11(13-7)6-17(14)5-9-3-10(12)16-4-9/h3-4H,5-6H2,1-2H3. The quantitative estimate of drug-likeness (QED) is 0.859. The third-order valence-corrected chi connectivity index (χ3v) is 5.08. The van der Waals surface area contributed by atoms with E-state index in [1.807, 2.05) is 25.3 Å². The Morgan fingerprint density at radius 2 is 2.24 bits per heavy atom. The highest BCUT2D eigenvalue weighted by molar-refractivity contribution is 9.11. The normalized spacial score (nSPS) is 12.9. The molecule has 2 rings (SSSR count). The van der Waals surface area contributed by atoms with Crippen LogP contribution in [0.5, 0.6) is 0 Å². The van der Waals surface area contributed by atoms with Crippen LogP contribution < -0.4 is 0 Å². The molecule has 1 unspecified atom stereocenters. The van der Waals surface area contributed by atoms with Gasteiger partial charge in [-0.25, -0.2) is 4.98 Å². The molecule has 0 N–H and O–H groups in total. The first-order valence-electron chi connectivity index (χ1n) is 5.05. The van der Waals surface area contributed by atoms with Gasteiger partial charge in [-0.2, -0.15) is 0 Å². The Morgan fingerprint density at radius 1 is 1.47 bits per heavy atom. The highest BCUT2D eigenvalue weighted by atomic mass is 79.9. The topological polar surface area (TPSA) is 43.1 Å². The lowest BCUT2D eigenvalue weighted by Gasteiger charge is -1.96. The van der Waals surface area contributed by atoms with Gasteiger partial charge in [0.15, 0.2) is 0 Å². The molecular formula is C11H12BrNO2S2. The SMILES string of the molecule is Cc1nc(CS(=O)Cc2csc(Br)c2)oc1C. The van der Waals surface area contributed by atoms with Crippen molar-refractivity contribution in [2.75, 3.05) is 0 Å². The Hall–Kier alpha value is -0.460. The van der Waals surface area contributed by atoms with Crippen LogP contribution >= 0.6 is 27.3 Å². The van der Waals surface area contributed by atoms with Crippen molar-refractivity contribution in [3.8, 4) is 0 Å². The highest BCUT2D eigenvalue weighted by Gasteiger charge is 2.11. The van der Waals surface area contributed by atoms with Crippen molar-refractivity contribution in [2.45, 2.75) is 25.4 Å². The third-order valence-electron chi connectivity index (χ3n) is 2.31. The summed E-state index contributed by atoms with van der Waals surface area (Å²) in [5.41, 5.74) is 1.95. The molecule has 0 saturated heterocycles. The molecule has 0 aliphatic rings. The summed E-state index contributed by atoms with van der Waals surface area (Å²) in [6, 6.07) is 1.99. The summed E-state index contributed by atoms with van der Waals surface area (Å²) >= 11 is 4.99. The molecule has 2 aromatic rings. The van der Waals surface area contributed by atoms with E-state index in [-0.39, 0.29) is 0 Å². The van der Waals surface area contributed by atoms with Gasteiger partial charge in [-0.3, -0.25) is 4.21 Å². The Kier molecular flexibility index (Phi) is 4.17. The fourth-order valence-corrected chi connectivity index (χ4v) is 3.75. The van der Waals surface area contributed by atoms with E-state index in [0.29, 0.717) is 17.4 Å². The molecule has 92 valence electrons. The van der Waals surface area contributed by atoms with Gasteiger partial charge in [-0.05, 0) is 46.8 Å².